The SMILES string of the molecule is C=CC(=O)N1CCC(O)(CC(=O)Nc2ccccc2-c2cc3ccccc3[nH]2)CC1. The van der Waals surface area contributed by atoms with E-state index >= 15 is 0 Å². The van der Waals surface area contributed by atoms with Crippen molar-refractivity contribution in [1.29, 1.82) is 0 Å². The smallest absolute Gasteiger partial charge is 0.245 e. The Labute approximate surface area is 175 Å². The molecule has 30 heavy (non-hydrogen) atoms. The van der Waals surface area contributed by atoms with Crippen molar-refractivity contribution in [3.05, 3.63) is 67.3 Å². The number of aromatic amines is 1. The summed E-state index contributed by atoms with van der Waals surface area (Å²) in [5.41, 5.74) is 2.42. The number of H-pyrrole nitrogens is 1. The number of hydrogen-bond donors (Lipinski definition) is 3. The number of likely N-dealkylation sites (tertiary alicyclic amines) is 1. The molecular formula is C24H25N3O3. The fourth-order valence-corrected chi connectivity index (χ4v) is 3.99. The van der Waals surface area contributed by atoms with E-state index in [0.717, 1.165) is 22.2 Å². The molecular weight excluding hydrogens is 378 g/mol. The lowest BCUT2D eigenvalue weighted by atomic mass is 9.87. The number of hydrogen-bond acceptors (Lipinski definition) is 3. The van der Waals surface area contributed by atoms with Crippen LogP contribution in [0.3, 0.4) is 0 Å². The summed E-state index contributed by atoms with van der Waals surface area (Å²) in [6, 6.07) is 17.7. The summed E-state index contributed by atoms with van der Waals surface area (Å²) in [4.78, 5) is 29.5. The number of aliphatic hydroxyl groups is 1. The van der Waals surface area contributed by atoms with Crippen molar-refractivity contribution < 1.29 is 14.7 Å². The summed E-state index contributed by atoms with van der Waals surface area (Å²) >= 11 is 0. The van der Waals surface area contributed by atoms with Crippen molar-refractivity contribution in [2.75, 3.05) is 18.4 Å². The Morgan fingerprint density at radius 3 is 2.57 bits per heavy atom. The monoisotopic (exact) mass is 403 g/mol. The first-order valence-corrected chi connectivity index (χ1v) is 10.1. The molecule has 2 heterocycles. The van der Waals surface area contributed by atoms with Crippen molar-refractivity contribution in [2.24, 2.45) is 0 Å². The lowest BCUT2D eigenvalue weighted by Gasteiger charge is -2.37. The van der Waals surface area contributed by atoms with Crippen LogP contribution in [0.4, 0.5) is 5.69 Å². The third kappa shape index (κ3) is 4.14. The summed E-state index contributed by atoms with van der Waals surface area (Å²) in [6.07, 6.45) is 2.00. The van der Waals surface area contributed by atoms with E-state index in [0.29, 0.717) is 31.6 Å². The quantitative estimate of drug-likeness (QED) is 0.568. The van der Waals surface area contributed by atoms with E-state index in [1.54, 1.807) is 4.90 Å². The molecule has 0 aliphatic carbocycles. The first-order chi connectivity index (χ1) is 14.5. The van der Waals surface area contributed by atoms with Gasteiger partial charge in [-0.25, -0.2) is 0 Å². The minimum Gasteiger partial charge on any atom is -0.389 e. The average Bonchev–Trinajstić information content (AvgIpc) is 3.18. The van der Waals surface area contributed by atoms with Crippen molar-refractivity contribution >= 4 is 28.4 Å². The number of aromatic nitrogens is 1. The van der Waals surface area contributed by atoms with Crippen LogP contribution in [0, 0.1) is 0 Å². The Morgan fingerprint density at radius 1 is 1.13 bits per heavy atom. The van der Waals surface area contributed by atoms with Gasteiger partial charge in [-0.1, -0.05) is 43.0 Å². The molecule has 4 rings (SSSR count). The molecule has 0 unspecified atom stereocenters. The summed E-state index contributed by atoms with van der Waals surface area (Å²) < 4.78 is 0. The van der Waals surface area contributed by atoms with Crippen LogP contribution in [0.2, 0.25) is 0 Å². The van der Waals surface area contributed by atoms with Crippen LogP contribution in [0.15, 0.2) is 67.3 Å². The minimum absolute atomic E-state index is 0.00977. The fraction of sp³-hybridized carbons (Fsp3) is 0.250. The van der Waals surface area contributed by atoms with Crippen LogP contribution in [0.25, 0.3) is 22.2 Å². The van der Waals surface area contributed by atoms with Gasteiger partial charge in [0.15, 0.2) is 0 Å². The molecule has 0 radical (unpaired) electrons. The first kappa shape index (κ1) is 19.9. The van der Waals surface area contributed by atoms with E-state index in [9.17, 15) is 14.7 Å². The number of fused-ring (bicyclic) bond motifs is 1. The van der Waals surface area contributed by atoms with E-state index < -0.39 is 5.60 Å². The third-order valence-corrected chi connectivity index (χ3v) is 5.69. The molecule has 1 aromatic heterocycles. The number of carbonyl (C=O) groups excluding carboxylic acids is 2. The number of para-hydroxylation sites is 2. The zero-order chi connectivity index (χ0) is 21.1. The molecule has 1 aliphatic rings. The second-order valence-electron chi connectivity index (χ2n) is 7.79. The van der Waals surface area contributed by atoms with Crippen molar-refractivity contribution in [1.82, 2.24) is 9.88 Å². The minimum atomic E-state index is -1.11. The van der Waals surface area contributed by atoms with Gasteiger partial charge < -0.3 is 20.3 Å². The number of carbonyl (C=O) groups is 2. The predicted molar refractivity (Wildman–Crippen MR) is 118 cm³/mol. The topological polar surface area (TPSA) is 85.4 Å². The van der Waals surface area contributed by atoms with Gasteiger partial charge >= 0.3 is 0 Å². The van der Waals surface area contributed by atoms with Crippen molar-refractivity contribution in [3.8, 4) is 11.3 Å². The van der Waals surface area contributed by atoms with E-state index in [4.69, 9.17) is 0 Å². The van der Waals surface area contributed by atoms with Crippen LogP contribution in [-0.4, -0.2) is 45.5 Å². The van der Waals surface area contributed by atoms with Gasteiger partial charge in [0.05, 0.1) is 17.7 Å². The Balaban J connectivity index is 1.47. The average molecular weight is 403 g/mol. The molecule has 6 heteroatoms. The van der Waals surface area contributed by atoms with E-state index in [1.165, 1.54) is 6.08 Å². The number of nitrogens with zero attached hydrogens (tertiary/aromatic N) is 1. The molecule has 0 atom stereocenters. The van der Waals surface area contributed by atoms with Gasteiger partial charge in [-0.05, 0) is 37.1 Å². The Kier molecular flexibility index (Phi) is 5.42. The number of nitrogens with one attached hydrogen (secondary N) is 2. The highest BCUT2D eigenvalue weighted by atomic mass is 16.3. The van der Waals surface area contributed by atoms with E-state index in [1.807, 2.05) is 48.5 Å². The molecule has 0 saturated carbocycles. The largest absolute Gasteiger partial charge is 0.389 e. The highest BCUT2D eigenvalue weighted by Gasteiger charge is 2.35. The molecule has 3 aromatic rings. The molecule has 1 fully saturated rings. The maximum atomic E-state index is 12.7. The third-order valence-electron chi connectivity index (χ3n) is 5.69. The molecule has 1 saturated heterocycles. The van der Waals surface area contributed by atoms with Crippen LogP contribution in [-0.2, 0) is 9.59 Å². The molecule has 2 amide bonds. The number of amides is 2. The zero-order valence-corrected chi connectivity index (χ0v) is 16.7. The van der Waals surface area contributed by atoms with Crippen LogP contribution in [0.1, 0.15) is 19.3 Å². The lowest BCUT2D eigenvalue weighted by molar-refractivity contribution is -0.132. The highest BCUT2D eigenvalue weighted by Crippen LogP contribution is 2.31. The van der Waals surface area contributed by atoms with Crippen LogP contribution < -0.4 is 5.32 Å². The Bertz CT molecular complexity index is 1060. The zero-order valence-electron chi connectivity index (χ0n) is 16.7. The number of piperidine rings is 1. The first-order valence-electron chi connectivity index (χ1n) is 10.1. The lowest BCUT2D eigenvalue weighted by Crippen LogP contribution is -2.47. The van der Waals surface area contributed by atoms with Crippen molar-refractivity contribution in [2.45, 2.75) is 24.9 Å². The number of benzene rings is 2. The predicted octanol–water partition coefficient (Wildman–Crippen LogP) is 3.70. The van der Waals surface area contributed by atoms with Gasteiger partial charge in [0.1, 0.15) is 0 Å². The summed E-state index contributed by atoms with van der Waals surface area (Å²) in [7, 11) is 0. The van der Waals surface area contributed by atoms with Crippen LogP contribution >= 0.6 is 0 Å². The standard InChI is InChI=1S/C24H25N3O3/c1-2-23(29)27-13-11-24(30,12-14-27)16-22(28)26-20-10-6-4-8-18(20)21-15-17-7-3-5-9-19(17)25-21/h2-10,15,25,30H,1,11-14,16H2,(H,26,28). The summed E-state index contributed by atoms with van der Waals surface area (Å²) in [6.45, 7) is 4.33. The van der Waals surface area contributed by atoms with Gasteiger partial charge in [-0.2, -0.15) is 0 Å². The Hall–Kier alpha value is -3.38. The summed E-state index contributed by atoms with van der Waals surface area (Å²) in [5, 5.41) is 14.9. The van der Waals surface area contributed by atoms with Gasteiger partial charge in [-0.3, -0.25) is 9.59 Å². The molecule has 6 nitrogen and oxygen atoms in total. The molecule has 1 aliphatic heterocycles. The van der Waals surface area contributed by atoms with Crippen LogP contribution in [0.5, 0.6) is 0 Å². The molecule has 154 valence electrons. The van der Waals surface area contributed by atoms with Gasteiger partial charge in [-0.15, -0.1) is 0 Å². The normalized spacial score (nSPS) is 15.7. The van der Waals surface area contributed by atoms with Gasteiger partial charge in [0, 0.05) is 35.2 Å². The highest BCUT2D eigenvalue weighted by molar-refractivity contribution is 5.97. The second kappa shape index (κ2) is 8.16. The fourth-order valence-electron chi connectivity index (χ4n) is 3.99. The van der Waals surface area contributed by atoms with Gasteiger partial charge in [0.25, 0.3) is 0 Å². The molecule has 0 bridgehead atoms. The van der Waals surface area contributed by atoms with Gasteiger partial charge in [0.2, 0.25) is 11.8 Å². The molecule has 2 aromatic carbocycles. The number of anilines is 1. The Morgan fingerprint density at radius 2 is 1.83 bits per heavy atom. The number of rotatable bonds is 5. The maximum Gasteiger partial charge on any atom is 0.245 e. The second-order valence-corrected chi connectivity index (χ2v) is 7.79. The molecule has 0 spiro atoms. The maximum absolute atomic E-state index is 12.7. The summed E-state index contributed by atoms with van der Waals surface area (Å²) in [5.74, 6) is -0.390. The van der Waals surface area contributed by atoms with E-state index in [-0.39, 0.29) is 18.2 Å². The van der Waals surface area contributed by atoms with Crippen molar-refractivity contribution in [3.63, 3.8) is 0 Å². The van der Waals surface area contributed by atoms with E-state index in [2.05, 4.69) is 22.9 Å². The molecule has 3 N–H and O–H groups in total.